The number of carbonyl (C=O) groups is 4. The predicted molar refractivity (Wildman–Crippen MR) is 196 cm³/mol. The largest absolute Gasteiger partial charge is 0.502 e. The molecule has 6 unspecified atom stereocenters. The molecular weight excluding hydrogens is 800 g/mol. The smallest absolute Gasteiger partial charge is 0.258 e. The molecule has 0 aromatic heterocycles. The van der Waals surface area contributed by atoms with Crippen molar-refractivity contribution in [3.05, 3.63) is 113 Å². The lowest BCUT2D eigenvalue weighted by atomic mass is 9.56. The van der Waals surface area contributed by atoms with Gasteiger partial charge in [-0.1, -0.05) is 29.8 Å². The number of para-hydroxylation sites is 1. The summed E-state index contributed by atoms with van der Waals surface area (Å²) < 4.78 is 84.7. The van der Waals surface area contributed by atoms with E-state index in [1.165, 1.54) is 26.4 Å². The number of hydrogen-bond acceptors (Lipinski definition) is 8. The molecule has 2 N–H and O–H groups in total. The van der Waals surface area contributed by atoms with Gasteiger partial charge in [-0.05, 0) is 72.9 Å². The summed E-state index contributed by atoms with van der Waals surface area (Å²) in [6.45, 7) is 0. The summed E-state index contributed by atoms with van der Waals surface area (Å²) in [5.41, 5.74) is -0.00577. The minimum Gasteiger partial charge on any atom is -0.502 e. The number of benzene rings is 4. The lowest BCUT2D eigenvalue weighted by Gasteiger charge is -2.50. The number of nitrogens with one attached hydrogen (secondary N) is 1. The first-order chi connectivity index (χ1) is 27.1. The van der Waals surface area contributed by atoms with Gasteiger partial charge in [0.15, 0.2) is 44.5 Å². The molecule has 2 aliphatic carbocycles. The highest BCUT2D eigenvalue weighted by Gasteiger charge is 2.77. The van der Waals surface area contributed by atoms with Crippen LogP contribution in [0, 0.1) is 46.8 Å². The van der Waals surface area contributed by atoms with Crippen molar-refractivity contribution in [3.63, 3.8) is 0 Å². The number of ether oxygens (including phenoxy) is 2. The first-order valence-corrected chi connectivity index (χ1v) is 18.1. The molecule has 0 spiro atoms. The fourth-order valence-corrected chi connectivity index (χ4v) is 9.59. The van der Waals surface area contributed by atoms with Gasteiger partial charge in [0.05, 0.1) is 31.7 Å². The summed E-state index contributed by atoms with van der Waals surface area (Å²) in [5, 5.41) is 14.0. The van der Waals surface area contributed by atoms with E-state index in [-0.39, 0.29) is 39.6 Å². The van der Waals surface area contributed by atoms with Crippen LogP contribution in [-0.4, -0.2) is 52.7 Å². The Labute approximate surface area is 330 Å². The molecule has 294 valence electrons. The van der Waals surface area contributed by atoms with Gasteiger partial charge in [-0.25, -0.2) is 26.9 Å². The molecule has 0 bridgehead atoms. The second-order valence-corrected chi connectivity index (χ2v) is 15.3. The molecule has 4 aliphatic rings. The lowest BCUT2D eigenvalue weighted by molar-refractivity contribution is -0.125. The molecule has 0 radical (unpaired) electrons. The van der Waals surface area contributed by atoms with E-state index in [1.807, 2.05) is 30.3 Å². The molecule has 3 fully saturated rings. The van der Waals surface area contributed by atoms with Gasteiger partial charge >= 0.3 is 0 Å². The predicted octanol–water partition coefficient (Wildman–Crippen LogP) is 7.62. The number of alkyl halides is 2. The number of halogens is 7. The summed E-state index contributed by atoms with van der Waals surface area (Å²) in [4.78, 5) is 52.9. The van der Waals surface area contributed by atoms with Crippen LogP contribution in [-0.2, 0) is 19.2 Å². The van der Waals surface area contributed by atoms with E-state index in [4.69, 9.17) is 32.7 Å². The van der Waals surface area contributed by atoms with Gasteiger partial charge in [-0.15, -0.1) is 23.2 Å². The van der Waals surface area contributed by atoms with Gasteiger partial charge in [0, 0.05) is 17.3 Å². The average molecular weight is 829 g/mol. The molecular formula is C40H28Cl2F5N3O7. The maximum atomic E-state index is 15.4. The highest BCUT2D eigenvalue weighted by atomic mass is 35.5. The SMILES string of the molecule is COc1cc(C2C3=CCC4C(=O)N(c5ccc(Nc6ccccc6)cc5)C(=O)C4C3CC3(Cl)C(=O)N(c4c(F)c(F)c(F)c(F)c4F)C(=O)C23Cl)cc(OC)c1O. The number of carbonyl (C=O) groups excluding carboxylic acids is 4. The third kappa shape index (κ3) is 5.27. The third-order valence-electron chi connectivity index (χ3n) is 11.2. The van der Waals surface area contributed by atoms with Crippen molar-refractivity contribution < 1.29 is 55.7 Å². The molecule has 8 rings (SSSR count). The van der Waals surface area contributed by atoms with Crippen LogP contribution in [0.25, 0.3) is 0 Å². The second-order valence-electron chi connectivity index (χ2n) is 14.0. The number of allylic oxidation sites excluding steroid dienone is 2. The molecule has 2 heterocycles. The van der Waals surface area contributed by atoms with Gasteiger partial charge in [0.25, 0.3) is 11.8 Å². The van der Waals surface area contributed by atoms with Crippen LogP contribution in [0.5, 0.6) is 17.2 Å². The summed E-state index contributed by atoms with van der Waals surface area (Å²) in [6.07, 6.45) is 0.806. The fraction of sp³-hybridized carbons (Fsp3) is 0.250. The monoisotopic (exact) mass is 827 g/mol. The number of phenols is 1. The first-order valence-electron chi connectivity index (χ1n) is 17.3. The zero-order valence-corrected chi connectivity index (χ0v) is 31.1. The molecule has 17 heteroatoms. The van der Waals surface area contributed by atoms with Crippen molar-refractivity contribution in [2.75, 3.05) is 29.3 Å². The molecule has 1 saturated carbocycles. The van der Waals surface area contributed by atoms with Crippen LogP contribution >= 0.6 is 23.2 Å². The minimum absolute atomic E-state index is 0.00790. The van der Waals surface area contributed by atoms with E-state index in [0.717, 1.165) is 10.6 Å². The van der Waals surface area contributed by atoms with E-state index < -0.39 is 104 Å². The first kappa shape index (κ1) is 38.2. The van der Waals surface area contributed by atoms with Crippen molar-refractivity contribution in [3.8, 4) is 17.2 Å². The molecule has 4 amide bonds. The third-order valence-corrected chi connectivity index (χ3v) is 12.7. The standard InChI is InChI=1S/C40H28Cl2F5N3O7/c1-56-24-14-17(15-25(57-2)34(24)51)27-21-12-13-22-26(36(53)49(35(22)52)20-10-8-19(9-11-20)48-18-6-4-3-5-7-18)23(21)16-39(41)37(54)50(38(55)40(27,39)42)33-31(46)29(44)28(43)30(45)32(33)47/h3-12,14-15,22-23,26-27,48,51H,13,16H2,1-2H3. The van der Waals surface area contributed by atoms with Crippen molar-refractivity contribution in [1.82, 2.24) is 0 Å². The Hall–Kier alpha value is -5.67. The van der Waals surface area contributed by atoms with Crippen LogP contribution in [0.3, 0.4) is 0 Å². The second kappa shape index (κ2) is 13.5. The van der Waals surface area contributed by atoms with E-state index in [0.29, 0.717) is 5.69 Å². The van der Waals surface area contributed by atoms with Gasteiger partial charge in [-0.2, -0.15) is 0 Å². The molecule has 10 nitrogen and oxygen atoms in total. The Kier molecular flexibility index (Phi) is 9.04. The number of nitrogens with zero attached hydrogens (tertiary/aromatic N) is 2. The Bertz CT molecular complexity index is 2400. The van der Waals surface area contributed by atoms with Gasteiger partial charge in [0.1, 0.15) is 5.69 Å². The van der Waals surface area contributed by atoms with E-state index in [1.54, 1.807) is 30.3 Å². The molecule has 2 saturated heterocycles. The zero-order chi connectivity index (χ0) is 40.9. The number of hydrogen-bond donors (Lipinski definition) is 2. The van der Waals surface area contributed by atoms with Crippen LogP contribution in [0.2, 0.25) is 0 Å². The quantitative estimate of drug-likeness (QED) is 0.0487. The van der Waals surface area contributed by atoms with E-state index in [2.05, 4.69) is 5.32 Å². The molecule has 4 aromatic carbocycles. The highest BCUT2D eigenvalue weighted by Crippen LogP contribution is 2.66. The van der Waals surface area contributed by atoms with Crippen molar-refractivity contribution >= 4 is 69.6 Å². The number of anilines is 4. The summed E-state index contributed by atoms with van der Waals surface area (Å²) in [6, 6.07) is 18.2. The number of amides is 4. The van der Waals surface area contributed by atoms with Crippen molar-refractivity contribution in [2.24, 2.45) is 17.8 Å². The Balaban J connectivity index is 1.26. The average Bonchev–Trinajstić information content (AvgIpc) is 3.55. The number of rotatable bonds is 7. The van der Waals surface area contributed by atoms with Crippen LogP contribution in [0.1, 0.15) is 24.3 Å². The maximum absolute atomic E-state index is 15.4. The summed E-state index contributed by atoms with van der Waals surface area (Å²) in [5.74, 6) is -22.8. The van der Waals surface area contributed by atoms with Crippen molar-refractivity contribution in [2.45, 2.75) is 28.5 Å². The Morgan fingerprint density at radius 3 is 1.88 bits per heavy atom. The number of phenolic OH excluding ortho intramolecular Hbond substituents is 1. The normalized spacial score (nSPS) is 26.6. The highest BCUT2D eigenvalue weighted by molar-refractivity contribution is 6.58. The molecule has 2 aliphatic heterocycles. The van der Waals surface area contributed by atoms with Crippen LogP contribution in [0.4, 0.5) is 44.7 Å². The zero-order valence-electron chi connectivity index (χ0n) is 29.6. The minimum atomic E-state index is -2.78. The van der Waals surface area contributed by atoms with E-state index in [9.17, 15) is 37.5 Å². The maximum Gasteiger partial charge on any atom is 0.258 e. The summed E-state index contributed by atoms with van der Waals surface area (Å²) >= 11 is 14.4. The van der Waals surface area contributed by atoms with Gasteiger partial charge in [0.2, 0.25) is 23.4 Å². The molecule has 57 heavy (non-hydrogen) atoms. The summed E-state index contributed by atoms with van der Waals surface area (Å²) in [7, 11) is 2.40. The van der Waals surface area contributed by atoms with Crippen LogP contribution < -0.4 is 24.6 Å². The number of aromatic hydroxyl groups is 1. The van der Waals surface area contributed by atoms with E-state index >= 15 is 8.78 Å². The Morgan fingerprint density at radius 2 is 1.30 bits per heavy atom. The van der Waals surface area contributed by atoms with Gasteiger partial charge < -0.3 is 19.9 Å². The topological polar surface area (TPSA) is 125 Å². The Morgan fingerprint density at radius 1 is 0.737 bits per heavy atom. The number of methoxy groups -OCH3 is 2. The molecule has 4 aromatic rings. The number of imide groups is 2. The lowest BCUT2D eigenvalue weighted by Crippen LogP contribution is -2.60. The fourth-order valence-electron chi connectivity index (χ4n) is 8.66. The molecule has 6 atom stereocenters. The van der Waals surface area contributed by atoms with Crippen LogP contribution in [0.15, 0.2) is 78.4 Å². The van der Waals surface area contributed by atoms with Crippen molar-refractivity contribution in [1.29, 1.82) is 0 Å². The number of fused-ring (bicyclic) bond motifs is 4. The van der Waals surface area contributed by atoms with Gasteiger partial charge in [-0.3, -0.25) is 24.1 Å².